The molecule has 6 rings (SSSR count). The summed E-state index contributed by atoms with van der Waals surface area (Å²) in [5.41, 5.74) is 2.28. The molecule has 4 aliphatic rings. The van der Waals surface area contributed by atoms with Gasteiger partial charge in [-0.3, -0.25) is 14.4 Å². The Morgan fingerprint density at radius 3 is 2.78 bits per heavy atom. The van der Waals surface area contributed by atoms with Crippen molar-refractivity contribution in [3.8, 4) is 0 Å². The molecule has 3 unspecified atom stereocenters. The van der Waals surface area contributed by atoms with E-state index in [9.17, 15) is 4.79 Å². The summed E-state index contributed by atoms with van der Waals surface area (Å²) in [7, 11) is 2.00. The Kier molecular flexibility index (Phi) is 3.89. The topological polar surface area (TPSA) is 67.4 Å². The normalized spacial score (nSPS) is 30.5. The fourth-order valence-electron chi connectivity index (χ4n) is 5.68. The molecule has 2 bridgehead atoms. The van der Waals surface area contributed by atoms with Crippen molar-refractivity contribution in [3.05, 3.63) is 35.8 Å². The molecular weight excluding hydrogens is 342 g/mol. The third-order valence-electron chi connectivity index (χ3n) is 7.15. The van der Waals surface area contributed by atoms with E-state index in [-0.39, 0.29) is 11.3 Å². The van der Waals surface area contributed by atoms with Crippen molar-refractivity contribution in [3.63, 3.8) is 0 Å². The maximum atomic E-state index is 13.4. The quantitative estimate of drug-likeness (QED) is 0.821. The zero-order chi connectivity index (χ0) is 18.6. The first-order valence-corrected chi connectivity index (χ1v) is 9.97. The van der Waals surface area contributed by atoms with Crippen LogP contribution in [0.4, 0.5) is 0 Å². The van der Waals surface area contributed by atoms with E-state index in [1.54, 1.807) is 0 Å². The Balaban J connectivity index is 1.25. The van der Waals surface area contributed by atoms with Crippen molar-refractivity contribution in [1.29, 1.82) is 0 Å². The molecule has 3 aliphatic carbocycles. The van der Waals surface area contributed by atoms with Crippen LogP contribution in [0.15, 0.2) is 23.1 Å². The smallest absolute Gasteiger partial charge is 0.227 e. The highest BCUT2D eigenvalue weighted by Gasteiger charge is 2.64. The third-order valence-corrected chi connectivity index (χ3v) is 7.15. The number of piperazine rings is 1. The van der Waals surface area contributed by atoms with Gasteiger partial charge in [-0.1, -0.05) is 0 Å². The van der Waals surface area contributed by atoms with E-state index >= 15 is 0 Å². The number of oxazole rings is 1. The van der Waals surface area contributed by atoms with Gasteiger partial charge in [-0.05, 0) is 38.2 Å². The number of nitrogens with zero attached hydrogens (tertiary/aromatic N) is 5. The highest BCUT2D eigenvalue weighted by atomic mass is 16.3. The molecule has 0 aromatic carbocycles. The first-order valence-electron chi connectivity index (χ1n) is 9.97. The molecule has 1 aliphatic heterocycles. The maximum Gasteiger partial charge on any atom is 0.227 e. The average molecular weight is 369 g/mol. The lowest BCUT2D eigenvalue weighted by molar-refractivity contribution is -0.146. The van der Waals surface area contributed by atoms with Crippen molar-refractivity contribution >= 4 is 5.91 Å². The minimum atomic E-state index is 0.0297. The second-order valence-electron chi connectivity index (χ2n) is 8.43. The first kappa shape index (κ1) is 17.0. The molecule has 4 fully saturated rings. The molecular formula is C20H27N5O2. The van der Waals surface area contributed by atoms with Crippen LogP contribution in [0.2, 0.25) is 0 Å². The van der Waals surface area contributed by atoms with E-state index in [0.29, 0.717) is 11.8 Å². The molecule has 2 aromatic heterocycles. The molecule has 27 heavy (non-hydrogen) atoms. The van der Waals surface area contributed by atoms with Crippen LogP contribution in [0.3, 0.4) is 0 Å². The van der Waals surface area contributed by atoms with Gasteiger partial charge in [0.15, 0.2) is 6.39 Å². The number of aromatic nitrogens is 3. The van der Waals surface area contributed by atoms with E-state index in [1.807, 2.05) is 24.9 Å². The molecule has 0 spiro atoms. The van der Waals surface area contributed by atoms with Crippen molar-refractivity contribution in [2.45, 2.75) is 38.1 Å². The van der Waals surface area contributed by atoms with Gasteiger partial charge < -0.3 is 9.32 Å². The first-order chi connectivity index (χ1) is 13.1. The second-order valence-corrected chi connectivity index (χ2v) is 8.43. The number of rotatable bonds is 4. The largest absolute Gasteiger partial charge is 0.448 e. The van der Waals surface area contributed by atoms with E-state index in [4.69, 9.17) is 4.42 Å². The number of carbonyl (C=O) groups is 1. The van der Waals surface area contributed by atoms with Gasteiger partial charge in [0, 0.05) is 57.1 Å². The number of aryl methyl sites for hydroxylation is 2. The van der Waals surface area contributed by atoms with E-state index < -0.39 is 0 Å². The maximum absolute atomic E-state index is 13.4. The number of amides is 1. The van der Waals surface area contributed by atoms with Crippen molar-refractivity contribution in [1.82, 2.24) is 24.6 Å². The number of fused-ring (bicyclic) bond motifs is 1. The molecule has 2 aromatic rings. The van der Waals surface area contributed by atoms with Crippen LogP contribution < -0.4 is 0 Å². The minimum absolute atomic E-state index is 0.0297. The van der Waals surface area contributed by atoms with Gasteiger partial charge >= 0.3 is 0 Å². The Labute approximate surface area is 159 Å². The summed E-state index contributed by atoms with van der Waals surface area (Å²) in [5.74, 6) is 1.96. The summed E-state index contributed by atoms with van der Waals surface area (Å²) >= 11 is 0. The van der Waals surface area contributed by atoms with Crippen LogP contribution in [-0.4, -0.2) is 56.7 Å². The van der Waals surface area contributed by atoms with E-state index in [2.05, 4.69) is 25.9 Å². The summed E-state index contributed by atoms with van der Waals surface area (Å²) in [6.45, 7) is 6.16. The summed E-state index contributed by atoms with van der Waals surface area (Å²) in [6, 6.07) is 2.11. The molecule has 3 heterocycles. The predicted octanol–water partition coefficient (Wildman–Crippen LogP) is 1.73. The minimum Gasteiger partial charge on any atom is -0.448 e. The highest BCUT2D eigenvalue weighted by Crippen LogP contribution is 2.64. The van der Waals surface area contributed by atoms with Gasteiger partial charge in [-0.25, -0.2) is 4.98 Å². The van der Waals surface area contributed by atoms with Gasteiger partial charge in [0.2, 0.25) is 5.91 Å². The zero-order valence-corrected chi connectivity index (χ0v) is 16.1. The van der Waals surface area contributed by atoms with Crippen LogP contribution >= 0.6 is 0 Å². The van der Waals surface area contributed by atoms with Gasteiger partial charge in [-0.2, -0.15) is 5.10 Å². The predicted molar refractivity (Wildman–Crippen MR) is 98.8 cm³/mol. The van der Waals surface area contributed by atoms with E-state index in [0.717, 1.165) is 57.0 Å². The van der Waals surface area contributed by atoms with Crippen LogP contribution in [0, 0.1) is 18.8 Å². The lowest BCUT2D eigenvalue weighted by atomic mass is 9.58. The Bertz CT molecular complexity index is 846. The summed E-state index contributed by atoms with van der Waals surface area (Å²) in [5, 5.41) is 4.36. The lowest BCUT2D eigenvalue weighted by Crippen LogP contribution is -2.57. The fourth-order valence-corrected chi connectivity index (χ4v) is 5.68. The SMILES string of the molecule is Cc1ocnc1CN1CCN(C(=O)C2C3CCC2(c2ccnn2C)C3)CC1. The van der Waals surface area contributed by atoms with Crippen LogP contribution in [0.1, 0.15) is 36.4 Å². The molecule has 1 amide bonds. The summed E-state index contributed by atoms with van der Waals surface area (Å²) in [6.07, 6.45) is 6.82. The molecule has 144 valence electrons. The van der Waals surface area contributed by atoms with Gasteiger partial charge in [0.25, 0.3) is 0 Å². The van der Waals surface area contributed by atoms with E-state index in [1.165, 1.54) is 18.5 Å². The Hall–Kier alpha value is -2.15. The van der Waals surface area contributed by atoms with Crippen molar-refractivity contribution in [2.75, 3.05) is 26.2 Å². The standard InChI is InChI=1S/C20H27N5O2/c1-14-16(21-13-27-14)12-24-7-9-25(10-8-24)19(26)18-15-3-5-20(18,11-15)17-4-6-22-23(17)2/h4,6,13,15,18H,3,5,7-12H2,1-2H3. The van der Waals surface area contributed by atoms with Crippen molar-refractivity contribution < 1.29 is 9.21 Å². The third kappa shape index (κ3) is 2.55. The van der Waals surface area contributed by atoms with Gasteiger partial charge in [0.05, 0.1) is 11.6 Å². The van der Waals surface area contributed by atoms with Crippen LogP contribution in [-0.2, 0) is 23.8 Å². The average Bonchev–Trinajstić information content (AvgIpc) is 3.41. The number of hydrogen-bond donors (Lipinski definition) is 0. The number of hydrogen-bond acceptors (Lipinski definition) is 5. The molecule has 3 atom stereocenters. The summed E-state index contributed by atoms with van der Waals surface area (Å²) < 4.78 is 7.27. The van der Waals surface area contributed by atoms with Crippen molar-refractivity contribution in [2.24, 2.45) is 18.9 Å². The number of carbonyl (C=O) groups excluding carboxylic acids is 1. The molecule has 7 nitrogen and oxygen atoms in total. The zero-order valence-electron chi connectivity index (χ0n) is 16.1. The molecule has 0 N–H and O–H groups in total. The van der Waals surface area contributed by atoms with Crippen LogP contribution in [0.25, 0.3) is 0 Å². The van der Waals surface area contributed by atoms with Gasteiger partial charge in [-0.15, -0.1) is 0 Å². The molecule has 3 saturated carbocycles. The molecule has 0 radical (unpaired) electrons. The summed E-state index contributed by atoms with van der Waals surface area (Å²) in [4.78, 5) is 22.1. The molecule has 1 saturated heterocycles. The van der Waals surface area contributed by atoms with Crippen LogP contribution in [0.5, 0.6) is 0 Å². The second kappa shape index (κ2) is 6.19. The molecule has 7 heteroatoms. The fraction of sp³-hybridized carbons (Fsp3) is 0.650. The highest BCUT2D eigenvalue weighted by molar-refractivity contribution is 5.83. The Morgan fingerprint density at radius 1 is 1.33 bits per heavy atom. The van der Waals surface area contributed by atoms with Gasteiger partial charge in [0.1, 0.15) is 5.76 Å². The monoisotopic (exact) mass is 369 g/mol. The Morgan fingerprint density at radius 2 is 2.15 bits per heavy atom. The lowest BCUT2D eigenvalue weighted by Gasteiger charge is -2.49.